The highest BCUT2D eigenvalue weighted by molar-refractivity contribution is 9.10. The maximum absolute atomic E-state index is 11.4. The molecule has 0 aliphatic carbocycles. The van der Waals surface area contributed by atoms with E-state index in [4.69, 9.17) is 4.74 Å². The number of pyridine rings is 1. The van der Waals surface area contributed by atoms with E-state index in [1.807, 2.05) is 45.1 Å². The van der Waals surface area contributed by atoms with Crippen LogP contribution < -0.4 is 5.32 Å². The van der Waals surface area contributed by atoms with Gasteiger partial charge in [-0.15, -0.1) is 0 Å². The molecule has 0 atom stereocenters. The maximum Gasteiger partial charge on any atom is 0.407 e. The molecule has 0 radical (unpaired) electrons. The monoisotopic (exact) mass is 326 g/mol. The average Bonchev–Trinajstić information content (AvgIpc) is 2.29. The molecule has 1 aromatic heterocycles. The summed E-state index contributed by atoms with van der Waals surface area (Å²) in [5.74, 6) is 0. The molecule has 0 unspecified atom stereocenters. The lowest BCUT2D eigenvalue weighted by atomic mass is 10.2. The molecule has 0 aromatic carbocycles. The first-order valence-corrected chi connectivity index (χ1v) is 6.91. The van der Waals surface area contributed by atoms with E-state index in [1.54, 1.807) is 6.20 Å². The molecule has 1 amide bonds. The second-order valence-electron chi connectivity index (χ2n) is 5.03. The molecular weight excluding hydrogens is 308 g/mol. The van der Waals surface area contributed by atoms with Gasteiger partial charge < -0.3 is 10.1 Å². The highest BCUT2D eigenvalue weighted by Gasteiger charge is 2.14. The smallest absolute Gasteiger partial charge is 0.407 e. The Hall–Kier alpha value is -1.36. The van der Waals surface area contributed by atoms with E-state index in [-0.39, 0.29) is 6.09 Å². The van der Waals surface area contributed by atoms with Crippen molar-refractivity contribution in [2.24, 2.45) is 0 Å². The number of ether oxygens (including phenoxy) is 1. The number of amides is 1. The number of aromatic nitrogens is 1. The lowest BCUT2D eigenvalue weighted by molar-refractivity contribution is 0.0529. The summed E-state index contributed by atoms with van der Waals surface area (Å²) in [7, 11) is 0. The minimum absolute atomic E-state index is 0.383. The molecular formula is C14H19BrN2O2. The zero-order chi connectivity index (χ0) is 14.3. The number of rotatable bonds is 4. The third-order valence-electron chi connectivity index (χ3n) is 2.04. The second kappa shape index (κ2) is 7.28. The first kappa shape index (κ1) is 15.7. The SMILES string of the molecule is CC(C)(C)OC(=O)NCCC=Cc1ccc(Br)nc1. The maximum atomic E-state index is 11.4. The first-order chi connectivity index (χ1) is 8.87. The van der Waals surface area contributed by atoms with Crippen LogP contribution in [0.1, 0.15) is 32.8 Å². The fourth-order valence-corrected chi connectivity index (χ4v) is 1.51. The number of nitrogens with zero attached hydrogens (tertiary/aromatic N) is 1. The van der Waals surface area contributed by atoms with Crippen molar-refractivity contribution in [3.05, 3.63) is 34.6 Å². The van der Waals surface area contributed by atoms with Gasteiger partial charge in [-0.25, -0.2) is 9.78 Å². The molecule has 19 heavy (non-hydrogen) atoms. The zero-order valence-electron chi connectivity index (χ0n) is 11.4. The van der Waals surface area contributed by atoms with Crippen molar-refractivity contribution < 1.29 is 9.53 Å². The number of carbonyl (C=O) groups is 1. The number of hydrogen-bond acceptors (Lipinski definition) is 3. The number of nitrogens with one attached hydrogen (secondary N) is 1. The van der Waals surface area contributed by atoms with Crippen molar-refractivity contribution in [2.45, 2.75) is 32.8 Å². The molecule has 1 aromatic rings. The molecule has 0 spiro atoms. The van der Waals surface area contributed by atoms with E-state index in [1.165, 1.54) is 0 Å². The van der Waals surface area contributed by atoms with Crippen LogP contribution in [0, 0.1) is 0 Å². The van der Waals surface area contributed by atoms with Crippen LogP contribution in [0.15, 0.2) is 29.0 Å². The third-order valence-corrected chi connectivity index (χ3v) is 2.51. The molecule has 0 saturated carbocycles. The van der Waals surface area contributed by atoms with Crippen molar-refractivity contribution in [1.29, 1.82) is 0 Å². The summed E-state index contributed by atoms with van der Waals surface area (Å²) in [6, 6.07) is 3.85. The lowest BCUT2D eigenvalue weighted by Crippen LogP contribution is -2.32. The van der Waals surface area contributed by atoms with E-state index < -0.39 is 5.60 Å². The standard InChI is InChI=1S/C14H19BrN2O2/c1-14(2,3)19-13(18)16-9-5-4-6-11-7-8-12(15)17-10-11/h4,6-8,10H,5,9H2,1-3H3,(H,16,18). The predicted molar refractivity (Wildman–Crippen MR) is 79.8 cm³/mol. The number of carbonyl (C=O) groups excluding carboxylic acids is 1. The Labute approximate surface area is 122 Å². The minimum Gasteiger partial charge on any atom is -0.444 e. The van der Waals surface area contributed by atoms with Crippen LogP contribution in [-0.4, -0.2) is 23.2 Å². The van der Waals surface area contributed by atoms with E-state index in [0.29, 0.717) is 6.54 Å². The van der Waals surface area contributed by atoms with E-state index >= 15 is 0 Å². The zero-order valence-corrected chi connectivity index (χ0v) is 13.0. The Balaban J connectivity index is 2.24. The number of alkyl carbamates (subject to hydrolysis) is 1. The Morgan fingerprint density at radius 1 is 1.47 bits per heavy atom. The molecule has 0 bridgehead atoms. The molecule has 0 aliphatic rings. The summed E-state index contributed by atoms with van der Waals surface area (Å²) in [5, 5.41) is 2.70. The number of halogens is 1. The molecule has 5 heteroatoms. The van der Waals surface area contributed by atoms with Crippen LogP contribution in [-0.2, 0) is 4.74 Å². The van der Waals surface area contributed by atoms with Crippen molar-refractivity contribution in [3.8, 4) is 0 Å². The van der Waals surface area contributed by atoms with Gasteiger partial charge in [0, 0.05) is 12.7 Å². The van der Waals surface area contributed by atoms with Gasteiger partial charge in [0.15, 0.2) is 0 Å². The topological polar surface area (TPSA) is 51.2 Å². The minimum atomic E-state index is -0.455. The number of hydrogen-bond donors (Lipinski definition) is 1. The van der Waals surface area contributed by atoms with Crippen LogP contribution in [0.3, 0.4) is 0 Å². The summed E-state index contributed by atoms with van der Waals surface area (Å²) >= 11 is 3.28. The summed E-state index contributed by atoms with van der Waals surface area (Å²) in [4.78, 5) is 15.5. The van der Waals surface area contributed by atoms with Gasteiger partial charge in [-0.05, 0) is 54.8 Å². The molecule has 1 heterocycles. The van der Waals surface area contributed by atoms with Crippen molar-refractivity contribution in [1.82, 2.24) is 10.3 Å². The fourth-order valence-electron chi connectivity index (χ4n) is 1.28. The third kappa shape index (κ3) is 7.62. The van der Waals surface area contributed by atoms with Gasteiger partial charge in [0.2, 0.25) is 0 Å². The summed E-state index contributed by atoms with van der Waals surface area (Å²) in [5.41, 5.74) is 0.573. The van der Waals surface area contributed by atoms with Crippen LogP contribution in [0.25, 0.3) is 6.08 Å². The van der Waals surface area contributed by atoms with Crippen molar-refractivity contribution in [2.75, 3.05) is 6.54 Å². The summed E-state index contributed by atoms with van der Waals surface area (Å²) < 4.78 is 5.94. The van der Waals surface area contributed by atoms with Crippen LogP contribution in [0.2, 0.25) is 0 Å². The average molecular weight is 327 g/mol. The Morgan fingerprint density at radius 3 is 2.79 bits per heavy atom. The van der Waals surface area contributed by atoms with Crippen LogP contribution in [0.5, 0.6) is 0 Å². The van der Waals surface area contributed by atoms with Crippen LogP contribution in [0.4, 0.5) is 4.79 Å². The highest BCUT2D eigenvalue weighted by atomic mass is 79.9. The van der Waals surface area contributed by atoms with E-state index in [2.05, 4.69) is 26.2 Å². The highest BCUT2D eigenvalue weighted by Crippen LogP contribution is 2.08. The Kier molecular flexibility index (Phi) is 6.02. The largest absolute Gasteiger partial charge is 0.444 e. The van der Waals surface area contributed by atoms with Gasteiger partial charge in [-0.2, -0.15) is 0 Å². The summed E-state index contributed by atoms with van der Waals surface area (Å²) in [6.07, 6.45) is 6.10. The van der Waals surface area contributed by atoms with Gasteiger partial charge in [-0.3, -0.25) is 0 Å². The Morgan fingerprint density at radius 2 is 2.21 bits per heavy atom. The van der Waals surface area contributed by atoms with Crippen LogP contribution >= 0.6 is 15.9 Å². The van der Waals surface area contributed by atoms with Gasteiger partial charge in [0.1, 0.15) is 10.2 Å². The molecule has 4 nitrogen and oxygen atoms in total. The van der Waals surface area contributed by atoms with Gasteiger partial charge in [0.05, 0.1) is 0 Å². The molecule has 0 fully saturated rings. The van der Waals surface area contributed by atoms with Crippen molar-refractivity contribution >= 4 is 28.1 Å². The molecule has 0 saturated heterocycles. The molecule has 0 aliphatic heterocycles. The Bertz CT molecular complexity index is 436. The predicted octanol–water partition coefficient (Wildman–Crippen LogP) is 3.77. The van der Waals surface area contributed by atoms with Gasteiger partial charge in [-0.1, -0.05) is 18.2 Å². The molecule has 1 rings (SSSR count). The van der Waals surface area contributed by atoms with Crippen molar-refractivity contribution in [3.63, 3.8) is 0 Å². The van der Waals surface area contributed by atoms with E-state index in [0.717, 1.165) is 16.6 Å². The normalized spacial score (nSPS) is 11.6. The van der Waals surface area contributed by atoms with E-state index in [9.17, 15) is 4.79 Å². The fraction of sp³-hybridized carbons (Fsp3) is 0.429. The first-order valence-electron chi connectivity index (χ1n) is 6.12. The van der Waals surface area contributed by atoms with Gasteiger partial charge in [0.25, 0.3) is 0 Å². The molecule has 1 N–H and O–H groups in total. The quantitative estimate of drug-likeness (QED) is 0.676. The second-order valence-corrected chi connectivity index (χ2v) is 5.85. The van der Waals surface area contributed by atoms with Gasteiger partial charge >= 0.3 is 6.09 Å². The lowest BCUT2D eigenvalue weighted by Gasteiger charge is -2.19. The molecule has 104 valence electrons. The summed E-state index contributed by atoms with van der Waals surface area (Å²) in [6.45, 7) is 6.07.